The Kier molecular flexibility index (Phi) is 9.97. The minimum Gasteiger partial charge on any atom is -0.497 e. The van der Waals surface area contributed by atoms with Crippen LogP contribution in [0.2, 0.25) is 0 Å². The summed E-state index contributed by atoms with van der Waals surface area (Å²) in [5.41, 5.74) is 4.92. The lowest BCUT2D eigenvalue weighted by atomic mass is 10.0. The average molecular weight is 570 g/mol. The summed E-state index contributed by atoms with van der Waals surface area (Å²) < 4.78 is 5.34. The molecule has 0 aliphatic carbocycles. The number of benzene rings is 3. The number of amides is 2. The van der Waals surface area contributed by atoms with Gasteiger partial charge in [0.15, 0.2) is 5.16 Å². The summed E-state index contributed by atoms with van der Waals surface area (Å²) in [6.45, 7) is 4.05. The average Bonchev–Trinajstić information content (AvgIpc) is 2.96. The van der Waals surface area contributed by atoms with Crippen molar-refractivity contribution < 1.29 is 14.3 Å². The Labute approximate surface area is 245 Å². The molecule has 0 aliphatic heterocycles. The Morgan fingerprint density at radius 2 is 1.54 bits per heavy atom. The molecule has 0 saturated carbocycles. The summed E-state index contributed by atoms with van der Waals surface area (Å²) in [5.74, 6) is 0.216. The fourth-order valence-electron chi connectivity index (χ4n) is 4.38. The molecule has 1 heterocycles. The fourth-order valence-corrected chi connectivity index (χ4v) is 5.22. The lowest BCUT2D eigenvalue weighted by Crippen LogP contribution is -2.41. The largest absolute Gasteiger partial charge is 0.497 e. The van der Waals surface area contributed by atoms with Gasteiger partial charge in [0.25, 0.3) is 5.91 Å². The van der Waals surface area contributed by atoms with Crippen LogP contribution < -0.4 is 15.0 Å². The molecule has 4 aromatic rings. The second kappa shape index (κ2) is 13.8. The molecule has 1 unspecified atom stereocenters. The molecule has 1 aromatic heterocycles. The highest BCUT2D eigenvalue weighted by molar-refractivity contribution is 7.99. The first-order valence-electron chi connectivity index (χ1n) is 13.2. The number of hydrogen-bond donors (Lipinski definition) is 1. The maximum absolute atomic E-state index is 14.0. The van der Waals surface area contributed by atoms with Crippen LogP contribution in [0.3, 0.4) is 0 Å². The first-order chi connectivity index (χ1) is 19.7. The molecule has 8 nitrogen and oxygen atoms in total. The van der Waals surface area contributed by atoms with E-state index in [0.717, 1.165) is 22.6 Å². The van der Waals surface area contributed by atoms with E-state index in [4.69, 9.17) is 4.74 Å². The number of rotatable bonds is 11. The number of carbonyl (C=O) groups excluding carboxylic acids is 2. The van der Waals surface area contributed by atoms with E-state index in [9.17, 15) is 9.59 Å². The van der Waals surface area contributed by atoms with Crippen LogP contribution in [0.4, 0.5) is 11.4 Å². The minimum absolute atomic E-state index is 0.0766. The Bertz CT molecular complexity index is 1440. The van der Waals surface area contributed by atoms with Gasteiger partial charge in [-0.25, -0.2) is 9.97 Å². The van der Waals surface area contributed by atoms with Crippen LogP contribution in [-0.4, -0.2) is 53.6 Å². The van der Waals surface area contributed by atoms with Crippen molar-refractivity contribution in [3.8, 4) is 5.75 Å². The van der Waals surface area contributed by atoms with Crippen LogP contribution >= 0.6 is 11.8 Å². The van der Waals surface area contributed by atoms with Gasteiger partial charge in [-0.05, 0) is 67.4 Å². The summed E-state index contributed by atoms with van der Waals surface area (Å²) >= 11 is 1.26. The number of nitrogens with zero attached hydrogens (tertiary/aromatic N) is 4. The van der Waals surface area contributed by atoms with Crippen LogP contribution in [0, 0.1) is 13.8 Å². The van der Waals surface area contributed by atoms with Crippen LogP contribution in [-0.2, 0) is 16.1 Å². The van der Waals surface area contributed by atoms with E-state index in [1.165, 1.54) is 11.8 Å². The van der Waals surface area contributed by atoms with Crippen molar-refractivity contribution in [2.24, 2.45) is 0 Å². The smallest absolute Gasteiger partial charge is 0.251 e. The number of aryl methyl sites for hydroxylation is 2. The fraction of sp³-hybridized carbons (Fsp3) is 0.250. The number of aromatic nitrogens is 2. The van der Waals surface area contributed by atoms with Gasteiger partial charge in [-0.2, -0.15) is 0 Å². The molecule has 41 heavy (non-hydrogen) atoms. The molecule has 4 rings (SSSR count). The standard InChI is InChI=1S/C32H35N5O3S/c1-22-19-23(2)34-32(33-22)41-21-29(38)37(20-24-9-7-6-8-10-24)30(25-11-17-28(40-5)18-12-25)31(39)35-26-13-15-27(16-14-26)36(3)4/h6-19,30H,20-21H2,1-5H3,(H,35,39). The number of methoxy groups -OCH3 is 1. The Morgan fingerprint density at radius 3 is 2.12 bits per heavy atom. The van der Waals surface area contributed by atoms with E-state index in [1.54, 1.807) is 24.1 Å². The van der Waals surface area contributed by atoms with Gasteiger partial charge in [0.05, 0.1) is 12.9 Å². The monoisotopic (exact) mass is 569 g/mol. The molecule has 0 radical (unpaired) electrons. The highest BCUT2D eigenvalue weighted by Crippen LogP contribution is 2.29. The lowest BCUT2D eigenvalue weighted by Gasteiger charge is -2.31. The Balaban J connectivity index is 1.69. The van der Waals surface area contributed by atoms with E-state index in [0.29, 0.717) is 22.2 Å². The predicted molar refractivity (Wildman–Crippen MR) is 164 cm³/mol. The topological polar surface area (TPSA) is 87.7 Å². The molecule has 212 valence electrons. The Hall–Kier alpha value is -4.37. The van der Waals surface area contributed by atoms with Gasteiger partial charge < -0.3 is 19.9 Å². The third-order valence-electron chi connectivity index (χ3n) is 6.45. The zero-order valence-electron chi connectivity index (χ0n) is 24.0. The van der Waals surface area contributed by atoms with Crippen LogP contribution in [0.15, 0.2) is 90.1 Å². The van der Waals surface area contributed by atoms with Gasteiger partial charge in [-0.3, -0.25) is 9.59 Å². The van der Waals surface area contributed by atoms with E-state index in [1.807, 2.05) is 106 Å². The molecule has 9 heteroatoms. The third-order valence-corrected chi connectivity index (χ3v) is 7.28. The van der Waals surface area contributed by atoms with Gasteiger partial charge in [0.1, 0.15) is 11.8 Å². The molecular formula is C32H35N5O3S. The van der Waals surface area contributed by atoms with Crippen LogP contribution in [0.25, 0.3) is 0 Å². The van der Waals surface area contributed by atoms with Crippen molar-refractivity contribution >= 4 is 35.0 Å². The van der Waals surface area contributed by atoms with Crippen molar-refractivity contribution in [2.75, 3.05) is 37.2 Å². The molecule has 0 fully saturated rings. The molecule has 0 aliphatic rings. The van der Waals surface area contributed by atoms with Crippen molar-refractivity contribution in [1.82, 2.24) is 14.9 Å². The van der Waals surface area contributed by atoms with Crippen molar-refractivity contribution in [3.63, 3.8) is 0 Å². The van der Waals surface area contributed by atoms with E-state index < -0.39 is 6.04 Å². The second-order valence-corrected chi connectivity index (χ2v) is 10.8. The van der Waals surface area contributed by atoms with Crippen molar-refractivity contribution in [2.45, 2.75) is 31.6 Å². The number of nitrogens with one attached hydrogen (secondary N) is 1. The van der Waals surface area contributed by atoms with Gasteiger partial charge in [0, 0.05) is 43.4 Å². The summed E-state index contributed by atoms with van der Waals surface area (Å²) in [7, 11) is 5.51. The predicted octanol–water partition coefficient (Wildman–Crippen LogP) is 5.67. The molecule has 0 saturated heterocycles. The number of thioether (sulfide) groups is 1. The highest BCUT2D eigenvalue weighted by Gasteiger charge is 2.32. The normalized spacial score (nSPS) is 11.4. The molecular weight excluding hydrogens is 534 g/mol. The SMILES string of the molecule is COc1ccc(C(C(=O)Nc2ccc(N(C)C)cc2)N(Cc2ccccc2)C(=O)CSc2nc(C)cc(C)n2)cc1. The van der Waals surface area contributed by atoms with Gasteiger partial charge in [0.2, 0.25) is 5.91 Å². The zero-order valence-corrected chi connectivity index (χ0v) is 24.8. The first kappa shape index (κ1) is 29.6. The summed E-state index contributed by atoms with van der Waals surface area (Å²) in [6, 6.07) is 25.5. The van der Waals surface area contributed by atoms with Crippen LogP contribution in [0.1, 0.15) is 28.6 Å². The van der Waals surface area contributed by atoms with Gasteiger partial charge in [-0.15, -0.1) is 0 Å². The Morgan fingerprint density at radius 1 is 0.902 bits per heavy atom. The molecule has 0 spiro atoms. The number of carbonyl (C=O) groups is 2. The second-order valence-electron chi connectivity index (χ2n) is 9.84. The summed E-state index contributed by atoms with van der Waals surface area (Å²) in [4.78, 5) is 40.5. The maximum atomic E-state index is 14.0. The first-order valence-corrected chi connectivity index (χ1v) is 14.2. The van der Waals surface area contributed by atoms with E-state index in [-0.39, 0.29) is 24.1 Å². The van der Waals surface area contributed by atoms with Gasteiger partial charge >= 0.3 is 0 Å². The molecule has 3 aromatic carbocycles. The minimum atomic E-state index is -0.900. The quantitative estimate of drug-likeness (QED) is 0.184. The molecule has 1 N–H and O–H groups in total. The molecule has 2 amide bonds. The molecule has 1 atom stereocenters. The lowest BCUT2D eigenvalue weighted by molar-refractivity contribution is -0.137. The summed E-state index contributed by atoms with van der Waals surface area (Å²) in [6.07, 6.45) is 0. The number of hydrogen-bond acceptors (Lipinski definition) is 7. The molecule has 0 bridgehead atoms. The van der Waals surface area contributed by atoms with Crippen molar-refractivity contribution in [1.29, 1.82) is 0 Å². The van der Waals surface area contributed by atoms with E-state index in [2.05, 4.69) is 15.3 Å². The van der Waals surface area contributed by atoms with Crippen molar-refractivity contribution in [3.05, 3.63) is 107 Å². The highest BCUT2D eigenvalue weighted by atomic mass is 32.2. The number of ether oxygens (including phenoxy) is 1. The zero-order chi connectivity index (χ0) is 29.4. The number of anilines is 2. The van der Waals surface area contributed by atoms with Crippen LogP contribution in [0.5, 0.6) is 5.75 Å². The maximum Gasteiger partial charge on any atom is 0.251 e. The third kappa shape index (κ3) is 8.08. The summed E-state index contributed by atoms with van der Waals surface area (Å²) in [5, 5.41) is 3.56. The van der Waals surface area contributed by atoms with Gasteiger partial charge in [-0.1, -0.05) is 54.2 Å². The van der Waals surface area contributed by atoms with E-state index >= 15 is 0 Å².